The summed E-state index contributed by atoms with van der Waals surface area (Å²) in [4.78, 5) is 0. The van der Waals surface area contributed by atoms with Gasteiger partial charge in [0, 0.05) is 17.6 Å². The molecule has 0 amide bonds. The fourth-order valence-electron chi connectivity index (χ4n) is 1.95. The third-order valence-electron chi connectivity index (χ3n) is 2.80. The van der Waals surface area contributed by atoms with Gasteiger partial charge < -0.3 is 11.1 Å². The second kappa shape index (κ2) is 4.43. The first-order valence-electron chi connectivity index (χ1n) is 5.00. The van der Waals surface area contributed by atoms with E-state index in [1.54, 1.807) is 0 Å². The maximum atomic E-state index is 5.64. The van der Waals surface area contributed by atoms with Gasteiger partial charge in [0.1, 0.15) is 0 Å². The first-order chi connectivity index (χ1) is 6.81. The minimum absolute atomic E-state index is 0.625. The molecule has 1 fully saturated rings. The van der Waals surface area contributed by atoms with Crippen molar-refractivity contribution >= 4 is 15.9 Å². The van der Waals surface area contributed by atoms with Gasteiger partial charge in [-0.05, 0) is 36.1 Å². The van der Waals surface area contributed by atoms with E-state index in [0.717, 1.165) is 13.1 Å². The third-order valence-corrected chi connectivity index (χ3v) is 3.52. The number of hydrogen-bond donors (Lipinski definition) is 2. The normalized spacial score (nSPS) is 21.4. The summed E-state index contributed by atoms with van der Waals surface area (Å²) in [5.41, 5.74) is 8.26. The number of nitrogens with two attached hydrogens (primary N) is 1. The number of halogens is 1. The predicted octanol–water partition coefficient (Wildman–Crippen LogP) is 1.98. The van der Waals surface area contributed by atoms with Crippen LogP contribution in [0.1, 0.15) is 23.5 Å². The molecule has 0 aliphatic carbocycles. The van der Waals surface area contributed by atoms with E-state index in [2.05, 4.69) is 39.4 Å². The van der Waals surface area contributed by atoms with E-state index in [1.807, 2.05) is 0 Å². The minimum Gasteiger partial charge on any atom is -0.326 e. The molecule has 1 unspecified atom stereocenters. The number of benzene rings is 1. The Labute approximate surface area is 93.0 Å². The minimum atomic E-state index is 0.625. The summed E-state index contributed by atoms with van der Waals surface area (Å²) < 4.78 is 1.21. The van der Waals surface area contributed by atoms with Crippen LogP contribution in [0.3, 0.4) is 0 Å². The van der Waals surface area contributed by atoms with Crippen molar-refractivity contribution in [3.8, 4) is 0 Å². The van der Waals surface area contributed by atoms with Crippen LogP contribution in [-0.4, -0.2) is 13.1 Å². The third kappa shape index (κ3) is 2.00. The smallest absolute Gasteiger partial charge is 0.0210 e. The van der Waals surface area contributed by atoms with Crippen molar-refractivity contribution in [2.75, 3.05) is 13.1 Å². The topological polar surface area (TPSA) is 38.0 Å². The number of nitrogens with one attached hydrogen (secondary N) is 1. The van der Waals surface area contributed by atoms with Gasteiger partial charge in [0.05, 0.1) is 0 Å². The van der Waals surface area contributed by atoms with Crippen molar-refractivity contribution in [2.24, 2.45) is 5.73 Å². The first kappa shape index (κ1) is 10.1. The number of rotatable bonds is 2. The molecule has 1 heterocycles. The highest BCUT2D eigenvalue weighted by atomic mass is 79.9. The van der Waals surface area contributed by atoms with Gasteiger partial charge in [-0.1, -0.05) is 28.1 Å². The van der Waals surface area contributed by atoms with E-state index in [9.17, 15) is 0 Å². The lowest BCUT2D eigenvalue weighted by Crippen LogP contribution is -2.09. The van der Waals surface area contributed by atoms with E-state index >= 15 is 0 Å². The second-order valence-corrected chi connectivity index (χ2v) is 4.60. The van der Waals surface area contributed by atoms with Crippen molar-refractivity contribution in [3.63, 3.8) is 0 Å². The molecule has 14 heavy (non-hydrogen) atoms. The van der Waals surface area contributed by atoms with Crippen LogP contribution in [0, 0.1) is 0 Å². The monoisotopic (exact) mass is 254 g/mol. The molecule has 1 aromatic carbocycles. The van der Waals surface area contributed by atoms with Crippen LogP contribution in [-0.2, 0) is 6.54 Å². The Hall–Kier alpha value is -0.380. The summed E-state index contributed by atoms with van der Waals surface area (Å²) in [5, 5.41) is 3.38. The van der Waals surface area contributed by atoms with E-state index in [-0.39, 0.29) is 0 Å². The molecule has 76 valence electrons. The molecule has 0 bridgehead atoms. The number of hydrogen-bond acceptors (Lipinski definition) is 2. The standard InChI is InChI=1S/C11H15BrN2/c12-11-2-1-8(6-13)5-10(11)9-3-4-14-7-9/h1-2,5,9,14H,3-4,6-7,13H2. The van der Waals surface area contributed by atoms with Crippen LogP contribution < -0.4 is 11.1 Å². The van der Waals surface area contributed by atoms with E-state index in [4.69, 9.17) is 5.73 Å². The Morgan fingerprint density at radius 2 is 2.36 bits per heavy atom. The summed E-state index contributed by atoms with van der Waals surface area (Å²) in [7, 11) is 0. The van der Waals surface area contributed by atoms with Gasteiger partial charge in [0.15, 0.2) is 0 Å². The second-order valence-electron chi connectivity index (χ2n) is 3.75. The van der Waals surface area contributed by atoms with Crippen LogP contribution in [0.15, 0.2) is 22.7 Å². The van der Waals surface area contributed by atoms with Gasteiger partial charge in [-0.25, -0.2) is 0 Å². The molecule has 1 aliphatic heterocycles. The van der Waals surface area contributed by atoms with E-state index in [1.165, 1.54) is 22.0 Å². The van der Waals surface area contributed by atoms with Gasteiger partial charge in [-0.15, -0.1) is 0 Å². The Bertz CT molecular complexity index is 319. The SMILES string of the molecule is NCc1ccc(Br)c(C2CCNC2)c1. The zero-order valence-corrected chi connectivity index (χ0v) is 9.68. The molecular formula is C11H15BrN2. The van der Waals surface area contributed by atoms with Crippen molar-refractivity contribution < 1.29 is 0 Å². The van der Waals surface area contributed by atoms with Gasteiger partial charge in [-0.3, -0.25) is 0 Å². The Kier molecular flexibility index (Phi) is 3.21. The molecule has 1 atom stereocenters. The van der Waals surface area contributed by atoms with Crippen molar-refractivity contribution in [2.45, 2.75) is 18.9 Å². The lowest BCUT2D eigenvalue weighted by Gasteiger charge is -2.12. The van der Waals surface area contributed by atoms with Crippen LogP contribution in [0.4, 0.5) is 0 Å². The fraction of sp³-hybridized carbons (Fsp3) is 0.455. The Morgan fingerprint density at radius 3 is 3.00 bits per heavy atom. The molecule has 0 aromatic heterocycles. The van der Waals surface area contributed by atoms with Gasteiger partial charge in [0.25, 0.3) is 0 Å². The molecular weight excluding hydrogens is 240 g/mol. The molecule has 3 N–H and O–H groups in total. The maximum absolute atomic E-state index is 5.64. The van der Waals surface area contributed by atoms with E-state index < -0.39 is 0 Å². The molecule has 3 heteroatoms. The zero-order valence-electron chi connectivity index (χ0n) is 8.09. The zero-order chi connectivity index (χ0) is 9.97. The highest BCUT2D eigenvalue weighted by Crippen LogP contribution is 2.29. The van der Waals surface area contributed by atoms with Gasteiger partial charge in [-0.2, -0.15) is 0 Å². The van der Waals surface area contributed by atoms with Crippen molar-refractivity contribution in [1.29, 1.82) is 0 Å². The predicted molar refractivity (Wildman–Crippen MR) is 62.3 cm³/mol. The molecule has 0 spiro atoms. The quantitative estimate of drug-likeness (QED) is 0.848. The Morgan fingerprint density at radius 1 is 1.50 bits per heavy atom. The van der Waals surface area contributed by atoms with Crippen LogP contribution in [0.25, 0.3) is 0 Å². The molecule has 0 saturated carbocycles. The molecule has 2 nitrogen and oxygen atoms in total. The van der Waals surface area contributed by atoms with Crippen molar-refractivity contribution in [1.82, 2.24) is 5.32 Å². The lowest BCUT2D eigenvalue weighted by molar-refractivity contribution is 0.757. The summed E-state index contributed by atoms with van der Waals surface area (Å²) in [6.07, 6.45) is 1.23. The summed E-state index contributed by atoms with van der Waals surface area (Å²) in [6, 6.07) is 6.41. The van der Waals surface area contributed by atoms with Gasteiger partial charge >= 0.3 is 0 Å². The van der Waals surface area contributed by atoms with Crippen LogP contribution in [0.5, 0.6) is 0 Å². The fourth-order valence-corrected chi connectivity index (χ4v) is 2.52. The molecule has 2 rings (SSSR count). The maximum Gasteiger partial charge on any atom is 0.0210 e. The van der Waals surface area contributed by atoms with Crippen LogP contribution >= 0.6 is 15.9 Å². The van der Waals surface area contributed by atoms with Gasteiger partial charge in [0.2, 0.25) is 0 Å². The average Bonchev–Trinajstić information content (AvgIpc) is 2.71. The highest BCUT2D eigenvalue weighted by Gasteiger charge is 2.18. The first-order valence-corrected chi connectivity index (χ1v) is 5.79. The summed E-state index contributed by atoms with van der Waals surface area (Å²) in [6.45, 7) is 2.84. The van der Waals surface area contributed by atoms with Crippen LogP contribution in [0.2, 0.25) is 0 Å². The highest BCUT2D eigenvalue weighted by molar-refractivity contribution is 9.10. The summed E-state index contributed by atoms with van der Waals surface area (Å²) >= 11 is 3.60. The molecule has 1 aliphatic rings. The molecule has 0 radical (unpaired) electrons. The Balaban J connectivity index is 2.29. The average molecular weight is 255 g/mol. The lowest BCUT2D eigenvalue weighted by atomic mass is 9.97. The molecule has 1 saturated heterocycles. The summed E-state index contributed by atoms with van der Waals surface area (Å²) in [5.74, 6) is 0.649. The van der Waals surface area contributed by atoms with E-state index in [0.29, 0.717) is 12.5 Å². The van der Waals surface area contributed by atoms with Crippen molar-refractivity contribution in [3.05, 3.63) is 33.8 Å². The largest absolute Gasteiger partial charge is 0.326 e. The molecule has 1 aromatic rings.